The highest BCUT2D eigenvalue weighted by Crippen LogP contribution is 2.26. The second kappa shape index (κ2) is 10.1. The third kappa shape index (κ3) is 5.86. The molecule has 0 saturated carbocycles. The fraction of sp³-hybridized carbons (Fsp3) is 0.250. The zero-order valence-corrected chi connectivity index (χ0v) is 18.5. The number of rotatable bonds is 6. The largest absolute Gasteiger partial charge is 0.452 e. The average Bonchev–Trinajstić information content (AvgIpc) is 3.20. The SMILES string of the molecule is Cc1cc(Br)ccc1NC(=O)COC(=O)c1ccccc1CSC1=NCCS1. The van der Waals surface area contributed by atoms with E-state index in [1.54, 1.807) is 41.7 Å². The molecule has 0 fully saturated rings. The number of anilines is 1. The number of hydrogen-bond acceptors (Lipinski definition) is 6. The topological polar surface area (TPSA) is 67.8 Å². The molecule has 0 unspecified atom stereocenters. The first-order valence-corrected chi connectivity index (χ1v) is 11.4. The van der Waals surface area contributed by atoms with Crippen molar-refractivity contribution in [3.63, 3.8) is 0 Å². The molecule has 0 aliphatic carbocycles. The molecule has 1 aliphatic rings. The molecule has 0 radical (unpaired) electrons. The van der Waals surface area contributed by atoms with Crippen LogP contribution in [0.2, 0.25) is 0 Å². The number of nitrogens with zero attached hydrogens (tertiary/aromatic N) is 1. The molecule has 0 spiro atoms. The maximum atomic E-state index is 12.5. The quantitative estimate of drug-likeness (QED) is 0.598. The molecule has 0 saturated heterocycles. The molecule has 5 nitrogen and oxygen atoms in total. The molecular formula is C20H19BrN2O3S2. The molecule has 1 amide bonds. The van der Waals surface area contributed by atoms with E-state index in [1.807, 2.05) is 31.2 Å². The van der Waals surface area contributed by atoms with Crippen molar-refractivity contribution in [2.24, 2.45) is 4.99 Å². The number of amides is 1. The van der Waals surface area contributed by atoms with Crippen LogP contribution in [0.5, 0.6) is 0 Å². The minimum atomic E-state index is -0.500. The number of aliphatic imine (C=N–C) groups is 1. The van der Waals surface area contributed by atoms with Gasteiger partial charge in [-0.15, -0.1) is 0 Å². The molecule has 0 bridgehead atoms. The van der Waals surface area contributed by atoms with E-state index >= 15 is 0 Å². The van der Waals surface area contributed by atoms with Gasteiger partial charge in [-0.05, 0) is 42.3 Å². The molecule has 146 valence electrons. The molecule has 2 aromatic carbocycles. The van der Waals surface area contributed by atoms with Gasteiger partial charge < -0.3 is 10.1 Å². The first-order valence-electron chi connectivity index (χ1n) is 8.64. The van der Waals surface area contributed by atoms with Gasteiger partial charge in [0.2, 0.25) is 0 Å². The lowest BCUT2D eigenvalue weighted by atomic mass is 10.1. The van der Waals surface area contributed by atoms with Crippen LogP contribution < -0.4 is 5.32 Å². The van der Waals surface area contributed by atoms with E-state index in [4.69, 9.17) is 4.74 Å². The van der Waals surface area contributed by atoms with Crippen LogP contribution in [0.1, 0.15) is 21.5 Å². The van der Waals surface area contributed by atoms with E-state index in [9.17, 15) is 9.59 Å². The Morgan fingerprint density at radius 3 is 2.86 bits per heavy atom. The highest BCUT2D eigenvalue weighted by molar-refractivity contribution is 9.10. The first-order chi connectivity index (χ1) is 13.5. The predicted octanol–water partition coefficient (Wildman–Crippen LogP) is 4.89. The lowest BCUT2D eigenvalue weighted by Gasteiger charge is -2.11. The Balaban J connectivity index is 1.56. The number of hydrogen-bond donors (Lipinski definition) is 1. The number of halogens is 1. The number of thioether (sulfide) groups is 2. The summed E-state index contributed by atoms with van der Waals surface area (Å²) in [5, 5.41) is 2.76. The number of esters is 1. The molecule has 1 heterocycles. The number of carbonyl (C=O) groups excluding carboxylic acids is 2. The molecular weight excluding hydrogens is 460 g/mol. The number of ether oxygens (including phenoxy) is 1. The molecule has 0 atom stereocenters. The van der Waals surface area contributed by atoms with Crippen molar-refractivity contribution in [1.82, 2.24) is 0 Å². The lowest BCUT2D eigenvalue weighted by Crippen LogP contribution is -2.21. The summed E-state index contributed by atoms with van der Waals surface area (Å²) in [5.74, 6) is 0.780. The van der Waals surface area contributed by atoms with Crippen molar-refractivity contribution in [3.05, 3.63) is 63.6 Å². The van der Waals surface area contributed by atoms with Gasteiger partial charge in [0.1, 0.15) is 4.38 Å². The fourth-order valence-electron chi connectivity index (χ4n) is 2.55. The third-order valence-corrected chi connectivity index (χ3v) is 6.74. The monoisotopic (exact) mass is 478 g/mol. The van der Waals surface area contributed by atoms with Crippen molar-refractivity contribution in [1.29, 1.82) is 0 Å². The summed E-state index contributed by atoms with van der Waals surface area (Å²) in [5.41, 5.74) is 2.96. The molecule has 8 heteroatoms. The molecule has 28 heavy (non-hydrogen) atoms. The van der Waals surface area contributed by atoms with Crippen molar-refractivity contribution in [3.8, 4) is 0 Å². The maximum Gasteiger partial charge on any atom is 0.338 e. The van der Waals surface area contributed by atoms with E-state index in [2.05, 4.69) is 26.2 Å². The van der Waals surface area contributed by atoms with Crippen molar-refractivity contribution in [2.75, 3.05) is 24.2 Å². The minimum absolute atomic E-state index is 0.335. The van der Waals surface area contributed by atoms with Gasteiger partial charge >= 0.3 is 5.97 Å². The van der Waals surface area contributed by atoms with Gasteiger partial charge in [-0.1, -0.05) is 57.7 Å². The number of carbonyl (C=O) groups is 2. The summed E-state index contributed by atoms with van der Waals surface area (Å²) in [6, 6.07) is 12.8. The van der Waals surface area contributed by atoms with Gasteiger partial charge in [-0.2, -0.15) is 0 Å². The summed E-state index contributed by atoms with van der Waals surface area (Å²) < 4.78 is 7.22. The zero-order chi connectivity index (χ0) is 19.9. The average molecular weight is 479 g/mol. The van der Waals surface area contributed by atoms with Crippen LogP contribution in [-0.4, -0.2) is 35.2 Å². The van der Waals surface area contributed by atoms with Crippen LogP contribution in [0.3, 0.4) is 0 Å². The van der Waals surface area contributed by atoms with E-state index in [1.165, 1.54) is 0 Å². The summed E-state index contributed by atoms with van der Waals surface area (Å²) >= 11 is 6.74. The summed E-state index contributed by atoms with van der Waals surface area (Å²) in [6.07, 6.45) is 0. The Kier molecular flexibility index (Phi) is 7.58. The van der Waals surface area contributed by atoms with Gasteiger partial charge in [-0.25, -0.2) is 4.79 Å². The number of nitrogens with one attached hydrogen (secondary N) is 1. The zero-order valence-electron chi connectivity index (χ0n) is 15.2. The van der Waals surface area contributed by atoms with Gasteiger partial charge in [0.25, 0.3) is 5.91 Å². The molecule has 3 rings (SSSR count). The molecule has 2 aromatic rings. The Hall–Kier alpha value is -1.77. The number of benzene rings is 2. The van der Waals surface area contributed by atoms with Crippen LogP contribution in [0.25, 0.3) is 0 Å². The molecule has 0 aromatic heterocycles. The van der Waals surface area contributed by atoms with Crippen LogP contribution in [0, 0.1) is 6.92 Å². The van der Waals surface area contributed by atoms with E-state index in [-0.39, 0.29) is 12.5 Å². The van der Waals surface area contributed by atoms with Crippen LogP contribution in [-0.2, 0) is 15.3 Å². The summed E-state index contributed by atoms with van der Waals surface area (Å²) in [6.45, 7) is 2.41. The van der Waals surface area contributed by atoms with Gasteiger partial charge in [0.05, 0.1) is 12.1 Å². The van der Waals surface area contributed by atoms with Crippen molar-refractivity contribution < 1.29 is 14.3 Å². The highest BCUT2D eigenvalue weighted by atomic mass is 79.9. The fourth-order valence-corrected chi connectivity index (χ4v) is 5.04. The summed E-state index contributed by atoms with van der Waals surface area (Å²) in [7, 11) is 0. The Labute approximate surface area is 180 Å². The third-order valence-electron chi connectivity index (χ3n) is 3.94. The predicted molar refractivity (Wildman–Crippen MR) is 120 cm³/mol. The second-order valence-corrected chi connectivity index (χ2v) is 9.25. The normalized spacial score (nSPS) is 13.1. The van der Waals surface area contributed by atoms with Crippen molar-refractivity contribution in [2.45, 2.75) is 12.7 Å². The molecule has 1 N–H and O–H groups in total. The maximum absolute atomic E-state index is 12.5. The minimum Gasteiger partial charge on any atom is -0.452 e. The Bertz CT molecular complexity index is 918. The van der Waals surface area contributed by atoms with E-state index in [0.717, 1.165) is 32.3 Å². The summed E-state index contributed by atoms with van der Waals surface area (Å²) in [4.78, 5) is 29.0. The van der Waals surface area contributed by atoms with Crippen molar-refractivity contribution >= 4 is 61.4 Å². The second-order valence-electron chi connectivity index (χ2n) is 6.03. The lowest BCUT2D eigenvalue weighted by molar-refractivity contribution is -0.119. The van der Waals surface area contributed by atoms with Gasteiger partial charge in [-0.3, -0.25) is 9.79 Å². The van der Waals surface area contributed by atoms with E-state index < -0.39 is 5.97 Å². The molecule has 1 aliphatic heterocycles. The Morgan fingerprint density at radius 1 is 1.29 bits per heavy atom. The highest BCUT2D eigenvalue weighted by Gasteiger charge is 2.16. The van der Waals surface area contributed by atoms with E-state index in [0.29, 0.717) is 17.0 Å². The van der Waals surface area contributed by atoms with Crippen LogP contribution >= 0.6 is 39.5 Å². The van der Waals surface area contributed by atoms with Gasteiger partial charge in [0.15, 0.2) is 6.61 Å². The smallest absolute Gasteiger partial charge is 0.338 e. The first kappa shape index (κ1) is 21.0. The Morgan fingerprint density at radius 2 is 2.11 bits per heavy atom. The van der Waals surface area contributed by atoms with Crippen LogP contribution in [0.4, 0.5) is 5.69 Å². The van der Waals surface area contributed by atoms with Crippen LogP contribution in [0.15, 0.2) is 51.9 Å². The standard InChI is InChI=1S/C20H19BrN2O3S2/c1-13-10-15(21)6-7-17(13)23-18(24)11-26-19(25)16-5-3-2-4-14(16)12-28-20-22-8-9-27-20/h2-7,10H,8-9,11-12H2,1H3,(H,23,24). The van der Waals surface area contributed by atoms with Gasteiger partial charge in [0, 0.05) is 21.7 Å². The number of aryl methyl sites for hydroxylation is 1.